The molecule has 100 valence electrons. The minimum absolute atomic E-state index is 0.00471. The van der Waals surface area contributed by atoms with E-state index >= 15 is 0 Å². The van der Waals surface area contributed by atoms with Gasteiger partial charge in [0.05, 0.1) is 5.41 Å². The number of hydrogen-bond acceptors (Lipinski definition) is 1. The van der Waals surface area contributed by atoms with E-state index in [1.165, 1.54) is 26.8 Å². The summed E-state index contributed by atoms with van der Waals surface area (Å²) in [7, 11) is 0. The minimum Gasteiger partial charge on any atom is -0.481 e. The number of halogens is 3. The van der Waals surface area contributed by atoms with Crippen LogP contribution in [-0.4, -0.2) is 11.1 Å². The Morgan fingerprint density at radius 3 is 2.39 bits per heavy atom. The molecule has 2 nitrogen and oxygen atoms in total. The zero-order valence-electron chi connectivity index (χ0n) is 10.4. The van der Waals surface area contributed by atoms with Crippen LogP contribution in [0.25, 0.3) is 0 Å². The first-order valence-corrected chi connectivity index (χ1v) is 5.50. The molecule has 5 heteroatoms. The Bertz CT molecular complexity index is 468. The van der Waals surface area contributed by atoms with Gasteiger partial charge in [0.25, 0.3) is 0 Å². The van der Waals surface area contributed by atoms with Crippen molar-refractivity contribution in [2.45, 2.75) is 33.4 Å². The smallest absolute Gasteiger partial charge is 0.309 e. The molecule has 1 atom stereocenters. The van der Waals surface area contributed by atoms with E-state index in [4.69, 9.17) is 5.11 Å². The number of aliphatic carboxylic acids is 1. The van der Waals surface area contributed by atoms with E-state index in [0.29, 0.717) is 0 Å². The van der Waals surface area contributed by atoms with E-state index in [2.05, 4.69) is 0 Å². The van der Waals surface area contributed by atoms with Crippen LogP contribution < -0.4 is 0 Å². The van der Waals surface area contributed by atoms with E-state index in [1.54, 1.807) is 0 Å². The Morgan fingerprint density at radius 2 is 1.94 bits per heavy atom. The molecule has 0 spiro atoms. The Hall–Kier alpha value is -1.52. The summed E-state index contributed by atoms with van der Waals surface area (Å²) < 4.78 is 39.9. The van der Waals surface area contributed by atoms with Crippen molar-refractivity contribution in [3.8, 4) is 0 Å². The highest BCUT2D eigenvalue weighted by Gasteiger charge is 2.29. The van der Waals surface area contributed by atoms with Crippen molar-refractivity contribution in [1.29, 1.82) is 0 Å². The highest BCUT2D eigenvalue weighted by Crippen LogP contribution is 2.28. The Morgan fingerprint density at radius 1 is 1.39 bits per heavy atom. The molecule has 1 aromatic carbocycles. The van der Waals surface area contributed by atoms with Gasteiger partial charge in [-0.15, -0.1) is 0 Å². The third kappa shape index (κ3) is 3.03. The molecule has 0 radical (unpaired) electrons. The van der Waals surface area contributed by atoms with Crippen molar-refractivity contribution in [2.24, 2.45) is 5.41 Å². The molecule has 0 saturated carbocycles. The van der Waals surface area contributed by atoms with Crippen molar-refractivity contribution in [1.82, 2.24) is 0 Å². The van der Waals surface area contributed by atoms with Crippen LogP contribution in [0.1, 0.15) is 38.1 Å². The molecule has 0 aliphatic rings. The second kappa shape index (κ2) is 5.00. The standard InChI is InChI=1S/C13H15F3O2/c1-7(14)8-4-9(11(16)10(15)5-8)6-13(2,3)12(17)18/h4-5,7H,6H2,1-3H3,(H,17,18). The highest BCUT2D eigenvalue weighted by atomic mass is 19.2. The number of carboxylic acid groups (broad SMARTS) is 1. The molecule has 0 aromatic heterocycles. The maximum Gasteiger partial charge on any atom is 0.309 e. The van der Waals surface area contributed by atoms with Crippen LogP contribution in [0.5, 0.6) is 0 Å². The average Bonchev–Trinajstić information content (AvgIpc) is 2.23. The van der Waals surface area contributed by atoms with Gasteiger partial charge in [-0.2, -0.15) is 0 Å². The van der Waals surface area contributed by atoms with Crippen LogP contribution in [0.2, 0.25) is 0 Å². The third-order valence-corrected chi connectivity index (χ3v) is 2.80. The molecule has 0 bridgehead atoms. The van der Waals surface area contributed by atoms with Gasteiger partial charge < -0.3 is 5.11 Å². The molecular weight excluding hydrogens is 245 g/mol. The van der Waals surface area contributed by atoms with Gasteiger partial charge in [-0.25, -0.2) is 13.2 Å². The summed E-state index contributed by atoms with van der Waals surface area (Å²) in [5.74, 6) is -3.40. The number of rotatable bonds is 4. The maximum atomic E-state index is 13.5. The van der Waals surface area contributed by atoms with Crippen LogP contribution >= 0.6 is 0 Å². The summed E-state index contributed by atoms with van der Waals surface area (Å²) >= 11 is 0. The Kier molecular flexibility index (Phi) is 4.04. The molecule has 0 aliphatic heterocycles. The van der Waals surface area contributed by atoms with Crippen molar-refractivity contribution in [2.75, 3.05) is 0 Å². The van der Waals surface area contributed by atoms with E-state index in [9.17, 15) is 18.0 Å². The predicted molar refractivity (Wildman–Crippen MR) is 61.0 cm³/mol. The van der Waals surface area contributed by atoms with E-state index < -0.39 is 29.2 Å². The molecule has 0 aliphatic carbocycles. The van der Waals surface area contributed by atoms with Crippen molar-refractivity contribution >= 4 is 5.97 Å². The maximum absolute atomic E-state index is 13.5. The van der Waals surface area contributed by atoms with Gasteiger partial charge in [0.15, 0.2) is 11.6 Å². The fourth-order valence-electron chi connectivity index (χ4n) is 1.58. The number of carboxylic acids is 1. The number of hydrogen-bond donors (Lipinski definition) is 1. The number of benzene rings is 1. The third-order valence-electron chi connectivity index (χ3n) is 2.80. The molecule has 0 heterocycles. The second-order valence-corrected chi connectivity index (χ2v) is 4.96. The zero-order chi connectivity index (χ0) is 14.1. The molecular formula is C13H15F3O2. The van der Waals surface area contributed by atoms with Crippen molar-refractivity contribution in [3.05, 3.63) is 34.9 Å². The van der Waals surface area contributed by atoms with Gasteiger partial charge >= 0.3 is 5.97 Å². The summed E-state index contributed by atoms with van der Waals surface area (Å²) in [6.45, 7) is 4.01. The molecule has 0 fully saturated rings. The molecule has 18 heavy (non-hydrogen) atoms. The zero-order valence-corrected chi connectivity index (χ0v) is 10.4. The summed E-state index contributed by atoms with van der Waals surface area (Å²) in [6, 6.07) is 1.96. The lowest BCUT2D eigenvalue weighted by atomic mass is 9.85. The molecule has 0 amide bonds. The molecule has 1 N–H and O–H groups in total. The van der Waals surface area contributed by atoms with Crippen molar-refractivity contribution in [3.63, 3.8) is 0 Å². The van der Waals surface area contributed by atoms with Gasteiger partial charge in [0.1, 0.15) is 6.17 Å². The SMILES string of the molecule is CC(F)c1cc(F)c(F)c(CC(C)(C)C(=O)O)c1. The number of alkyl halides is 1. The Balaban J connectivity index is 3.20. The molecule has 1 aromatic rings. The van der Waals surface area contributed by atoms with Crippen LogP contribution in [0.3, 0.4) is 0 Å². The van der Waals surface area contributed by atoms with Crippen molar-refractivity contribution < 1.29 is 23.1 Å². The molecule has 1 rings (SSSR count). The van der Waals surface area contributed by atoms with Gasteiger partial charge in [0.2, 0.25) is 0 Å². The predicted octanol–water partition coefficient (Wildman–Crippen LogP) is 3.65. The van der Waals surface area contributed by atoms with Crippen LogP contribution in [0.15, 0.2) is 12.1 Å². The first kappa shape index (κ1) is 14.5. The average molecular weight is 260 g/mol. The second-order valence-electron chi connectivity index (χ2n) is 4.96. The van der Waals surface area contributed by atoms with E-state index in [-0.39, 0.29) is 17.5 Å². The fourth-order valence-corrected chi connectivity index (χ4v) is 1.58. The topological polar surface area (TPSA) is 37.3 Å². The first-order valence-electron chi connectivity index (χ1n) is 5.50. The van der Waals surface area contributed by atoms with Gasteiger partial charge in [-0.05, 0) is 50.5 Å². The lowest BCUT2D eigenvalue weighted by Crippen LogP contribution is -2.26. The van der Waals surface area contributed by atoms with E-state index in [0.717, 1.165) is 6.07 Å². The minimum atomic E-state index is -1.44. The van der Waals surface area contributed by atoms with Gasteiger partial charge in [0, 0.05) is 0 Å². The van der Waals surface area contributed by atoms with E-state index in [1.807, 2.05) is 0 Å². The molecule has 0 saturated heterocycles. The van der Waals surface area contributed by atoms with Gasteiger partial charge in [-0.1, -0.05) is 0 Å². The quantitative estimate of drug-likeness (QED) is 0.897. The summed E-state index contributed by atoms with van der Waals surface area (Å²) in [4.78, 5) is 11.0. The Labute approximate surface area is 103 Å². The van der Waals surface area contributed by atoms with Crippen LogP contribution in [0.4, 0.5) is 13.2 Å². The highest BCUT2D eigenvalue weighted by molar-refractivity contribution is 5.74. The lowest BCUT2D eigenvalue weighted by molar-refractivity contribution is -0.146. The largest absolute Gasteiger partial charge is 0.481 e. The lowest BCUT2D eigenvalue weighted by Gasteiger charge is -2.20. The number of carbonyl (C=O) groups is 1. The monoisotopic (exact) mass is 260 g/mol. The fraction of sp³-hybridized carbons (Fsp3) is 0.462. The molecule has 1 unspecified atom stereocenters. The normalized spacial score (nSPS) is 13.4. The van der Waals surface area contributed by atoms with Gasteiger partial charge in [-0.3, -0.25) is 4.79 Å². The first-order chi connectivity index (χ1) is 8.15. The van der Waals surface area contributed by atoms with Crippen LogP contribution in [0, 0.1) is 17.0 Å². The summed E-state index contributed by atoms with van der Waals surface area (Å²) in [6.07, 6.45) is -1.64. The summed E-state index contributed by atoms with van der Waals surface area (Å²) in [5.41, 5.74) is -1.36. The van der Waals surface area contributed by atoms with Crippen LogP contribution in [-0.2, 0) is 11.2 Å². The summed E-state index contributed by atoms with van der Waals surface area (Å²) in [5, 5.41) is 8.95.